The van der Waals surface area contributed by atoms with E-state index in [9.17, 15) is 8.42 Å². The third kappa shape index (κ3) is 7.56. The standard InChI is InChI=1S/C19H27N3O2S/c1-16(2)12-13-20-18-10-11-19(21-15-18)22-25(23,24)14-6-9-17-7-4-3-5-8-17/h3-5,7-8,10-11,15-16,20H,6,9,12-14H2,1-2H3,(H,21,22). The minimum Gasteiger partial charge on any atom is -0.384 e. The Labute approximate surface area is 150 Å². The number of benzene rings is 1. The van der Waals surface area contributed by atoms with E-state index >= 15 is 0 Å². The second kappa shape index (κ2) is 9.42. The van der Waals surface area contributed by atoms with E-state index in [0.717, 1.165) is 30.6 Å². The zero-order chi connectivity index (χ0) is 18.1. The average molecular weight is 362 g/mol. The van der Waals surface area contributed by atoms with Crippen molar-refractivity contribution in [1.29, 1.82) is 0 Å². The summed E-state index contributed by atoms with van der Waals surface area (Å²) in [5, 5.41) is 3.28. The van der Waals surface area contributed by atoms with Crippen LogP contribution in [0.3, 0.4) is 0 Å². The molecule has 5 nitrogen and oxygen atoms in total. The average Bonchev–Trinajstić information content (AvgIpc) is 2.57. The number of rotatable bonds is 10. The smallest absolute Gasteiger partial charge is 0.233 e. The highest BCUT2D eigenvalue weighted by molar-refractivity contribution is 7.92. The maximum Gasteiger partial charge on any atom is 0.233 e. The Morgan fingerprint density at radius 2 is 1.84 bits per heavy atom. The predicted octanol–water partition coefficient (Wildman–Crippen LogP) is 3.91. The molecule has 0 atom stereocenters. The number of aromatic nitrogens is 1. The van der Waals surface area contributed by atoms with E-state index in [2.05, 4.69) is 28.9 Å². The van der Waals surface area contributed by atoms with E-state index < -0.39 is 10.0 Å². The number of nitrogens with zero attached hydrogens (tertiary/aromatic N) is 1. The number of sulfonamides is 1. The highest BCUT2D eigenvalue weighted by atomic mass is 32.2. The van der Waals surface area contributed by atoms with E-state index in [-0.39, 0.29) is 5.75 Å². The Balaban J connectivity index is 1.79. The Hall–Kier alpha value is -2.08. The lowest BCUT2D eigenvalue weighted by Crippen LogP contribution is -2.18. The number of anilines is 2. The highest BCUT2D eigenvalue weighted by Gasteiger charge is 2.11. The van der Waals surface area contributed by atoms with Crippen molar-refractivity contribution in [3.05, 3.63) is 54.2 Å². The normalized spacial score (nSPS) is 11.5. The van der Waals surface area contributed by atoms with Gasteiger partial charge in [-0.15, -0.1) is 0 Å². The van der Waals surface area contributed by atoms with Crippen molar-refractivity contribution in [3.8, 4) is 0 Å². The summed E-state index contributed by atoms with van der Waals surface area (Å²) in [5.74, 6) is 1.08. The van der Waals surface area contributed by atoms with Crippen LogP contribution in [0, 0.1) is 5.92 Å². The van der Waals surface area contributed by atoms with Gasteiger partial charge in [-0.05, 0) is 42.9 Å². The van der Waals surface area contributed by atoms with Crippen LogP contribution in [-0.2, 0) is 16.4 Å². The third-order valence-corrected chi connectivity index (χ3v) is 5.14. The van der Waals surface area contributed by atoms with Crippen LogP contribution >= 0.6 is 0 Å². The zero-order valence-corrected chi connectivity index (χ0v) is 15.7. The summed E-state index contributed by atoms with van der Waals surface area (Å²) in [5.41, 5.74) is 2.04. The third-order valence-electron chi connectivity index (χ3n) is 3.80. The minimum absolute atomic E-state index is 0.0813. The fraction of sp³-hybridized carbons (Fsp3) is 0.421. The molecular weight excluding hydrogens is 334 g/mol. The molecule has 0 aliphatic heterocycles. The number of nitrogens with one attached hydrogen (secondary N) is 2. The first-order chi connectivity index (χ1) is 11.9. The molecule has 0 aliphatic rings. The summed E-state index contributed by atoms with van der Waals surface area (Å²) < 4.78 is 26.9. The fourth-order valence-corrected chi connectivity index (χ4v) is 3.45. The van der Waals surface area contributed by atoms with Crippen LogP contribution in [0.25, 0.3) is 0 Å². The summed E-state index contributed by atoms with van der Waals surface area (Å²) in [7, 11) is -3.38. The van der Waals surface area contributed by atoms with Gasteiger partial charge in [0.2, 0.25) is 10.0 Å². The minimum atomic E-state index is -3.38. The molecule has 136 valence electrons. The maximum absolute atomic E-state index is 12.2. The summed E-state index contributed by atoms with van der Waals surface area (Å²) in [6.45, 7) is 5.23. The van der Waals surface area contributed by atoms with Crippen LogP contribution in [0.15, 0.2) is 48.7 Å². The zero-order valence-electron chi connectivity index (χ0n) is 14.9. The molecule has 1 aromatic heterocycles. The lowest BCUT2D eigenvalue weighted by Gasteiger charge is -2.10. The molecule has 25 heavy (non-hydrogen) atoms. The molecule has 2 aromatic rings. The maximum atomic E-state index is 12.2. The molecule has 0 unspecified atom stereocenters. The summed E-state index contributed by atoms with van der Waals surface area (Å²) in [6, 6.07) is 13.4. The molecule has 0 bridgehead atoms. The second-order valence-corrected chi connectivity index (χ2v) is 8.39. The molecule has 6 heteroatoms. The van der Waals surface area contributed by atoms with Gasteiger partial charge in [-0.25, -0.2) is 13.4 Å². The van der Waals surface area contributed by atoms with E-state index in [0.29, 0.717) is 18.2 Å². The van der Waals surface area contributed by atoms with Crippen LogP contribution in [0.5, 0.6) is 0 Å². The van der Waals surface area contributed by atoms with Gasteiger partial charge >= 0.3 is 0 Å². The second-order valence-electron chi connectivity index (χ2n) is 6.55. The van der Waals surface area contributed by atoms with Crippen LogP contribution in [-0.4, -0.2) is 25.7 Å². The molecule has 0 aliphatic carbocycles. The van der Waals surface area contributed by atoms with Gasteiger partial charge in [-0.3, -0.25) is 4.72 Å². The van der Waals surface area contributed by atoms with Gasteiger partial charge in [0, 0.05) is 6.54 Å². The molecule has 1 aromatic carbocycles. The molecule has 0 amide bonds. The van der Waals surface area contributed by atoms with Crippen molar-refractivity contribution in [2.24, 2.45) is 5.92 Å². The molecule has 1 heterocycles. The predicted molar refractivity (Wildman–Crippen MR) is 104 cm³/mol. The summed E-state index contributed by atoms with van der Waals surface area (Å²) in [4.78, 5) is 4.18. The number of hydrogen-bond donors (Lipinski definition) is 2. The molecule has 0 saturated carbocycles. The fourth-order valence-electron chi connectivity index (χ4n) is 2.39. The topological polar surface area (TPSA) is 71.1 Å². The molecule has 0 fully saturated rings. The molecular formula is C19H27N3O2S. The lowest BCUT2D eigenvalue weighted by atomic mass is 10.1. The molecule has 0 radical (unpaired) electrons. The van der Waals surface area contributed by atoms with Gasteiger partial charge in [-0.2, -0.15) is 0 Å². The molecule has 0 saturated heterocycles. The van der Waals surface area contributed by atoms with E-state index in [4.69, 9.17) is 0 Å². The number of aryl methyl sites for hydroxylation is 1. The van der Waals surface area contributed by atoms with Crippen molar-refractivity contribution in [2.45, 2.75) is 33.1 Å². The Kier molecular flexibility index (Phi) is 7.25. The number of hydrogen-bond acceptors (Lipinski definition) is 4. The summed E-state index contributed by atoms with van der Waals surface area (Å²) >= 11 is 0. The molecule has 0 spiro atoms. The quantitative estimate of drug-likeness (QED) is 0.673. The van der Waals surface area contributed by atoms with Crippen LogP contribution < -0.4 is 10.0 Å². The molecule has 2 N–H and O–H groups in total. The Bertz CT molecular complexity index is 729. The van der Waals surface area contributed by atoms with Gasteiger partial charge in [0.1, 0.15) is 5.82 Å². The first kappa shape index (κ1) is 19.2. The van der Waals surface area contributed by atoms with Crippen LogP contribution in [0.4, 0.5) is 11.5 Å². The van der Waals surface area contributed by atoms with Gasteiger partial charge in [0.05, 0.1) is 17.6 Å². The van der Waals surface area contributed by atoms with Crippen molar-refractivity contribution >= 4 is 21.5 Å². The first-order valence-corrected chi connectivity index (χ1v) is 10.3. The van der Waals surface area contributed by atoms with Gasteiger partial charge in [-0.1, -0.05) is 44.2 Å². The highest BCUT2D eigenvalue weighted by Crippen LogP contribution is 2.13. The lowest BCUT2D eigenvalue weighted by molar-refractivity contribution is 0.598. The largest absolute Gasteiger partial charge is 0.384 e. The van der Waals surface area contributed by atoms with Gasteiger partial charge < -0.3 is 5.32 Å². The number of pyridine rings is 1. The van der Waals surface area contributed by atoms with Crippen LogP contribution in [0.1, 0.15) is 32.3 Å². The van der Waals surface area contributed by atoms with Crippen molar-refractivity contribution in [3.63, 3.8) is 0 Å². The Morgan fingerprint density at radius 3 is 2.48 bits per heavy atom. The van der Waals surface area contributed by atoms with Gasteiger partial charge in [0.25, 0.3) is 0 Å². The monoisotopic (exact) mass is 361 g/mol. The molecule has 2 rings (SSSR count). The first-order valence-electron chi connectivity index (χ1n) is 8.69. The van der Waals surface area contributed by atoms with Crippen LogP contribution in [0.2, 0.25) is 0 Å². The summed E-state index contributed by atoms with van der Waals surface area (Å²) in [6.07, 6.45) is 4.06. The van der Waals surface area contributed by atoms with E-state index in [1.54, 1.807) is 12.3 Å². The van der Waals surface area contributed by atoms with Crippen molar-refractivity contribution < 1.29 is 8.42 Å². The SMILES string of the molecule is CC(C)CCNc1ccc(NS(=O)(=O)CCCc2ccccc2)nc1. The van der Waals surface area contributed by atoms with Gasteiger partial charge in [0.15, 0.2) is 0 Å². The van der Waals surface area contributed by atoms with E-state index in [1.165, 1.54) is 0 Å². The van der Waals surface area contributed by atoms with Crippen molar-refractivity contribution in [1.82, 2.24) is 4.98 Å². The Morgan fingerprint density at radius 1 is 1.08 bits per heavy atom. The van der Waals surface area contributed by atoms with Crippen molar-refractivity contribution in [2.75, 3.05) is 22.3 Å². The van der Waals surface area contributed by atoms with E-state index in [1.807, 2.05) is 36.4 Å².